The molecule has 0 fully saturated rings. The van der Waals surface area contributed by atoms with Crippen molar-refractivity contribution in [1.29, 1.82) is 0 Å². The fraction of sp³-hybridized carbons (Fsp3) is 0.148. The van der Waals surface area contributed by atoms with Crippen LogP contribution in [0.1, 0.15) is 28.1 Å². The zero-order valence-electron chi connectivity index (χ0n) is 20.2. The van der Waals surface area contributed by atoms with Crippen LogP contribution < -0.4 is 5.32 Å². The molecular formula is C27H24ClN5O3S. The molecule has 0 spiro atoms. The molecule has 188 valence electrons. The Morgan fingerprint density at radius 2 is 1.84 bits per heavy atom. The van der Waals surface area contributed by atoms with Gasteiger partial charge in [-0.05, 0) is 66.4 Å². The monoisotopic (exact) mass is 533 g/mol. The molecule has 0 unspecified atom stereocenters. The minimum Gasteiger partial charge on any atom is -0.345 e. The van der Waals surface area contributed by atoms with E-state index in [4.69, 9.17) is 11.6 Å². The lowest BCUT2D eigenvalue weighted by molar-refractivity contribution is -0.384. The number of benzene rings is 3. The van der Waals surface area contributed by atoms with E-state index in [2.05, 4.69) is 34.6 Å². The lowest BCUT2D eigenvalue weighted by atomic mass is 10.1. The zero-order chi connectivity index (χ0) is 26.4. The summed E-state index contributed by atoms with van der Waals surface area (Å²) in [5.74, 6) is 0.953. The summed E-state index contributed by atoms with van der Waals surface area (Å²) in [4.78, 5) is 22.8. The van der Waals surface area contributed by atoms with Gasteiger partial charge in [0.2, 0.25) is 5.91 Å². The van der Waals surface area contributed by atoms with Gasteiger partial charge in [0.1, 0.15) is 0 Å². The molecule has 0 radical (unpaired) electrons. The minimum absolute atomic E-state index is 0.00616. The van der Waals surface area contributed by atoms with Crippen LogP contribution in [-0.4, -0.2) is 25.6 Å². The fourth-order valence-corrected chi connectivity index (χ4v) is 4.80. The second-order valence-corrected chi connectivity index (χ2v) is 9.66. The van der Waals surface area contributed by atoms with Crippen LogP contribution in [0, 0.1) is 24.0 Å². The van der Waals surface area contributed by atoms with E-state index in [1.165, 1.54) is 29.3 Å². The van der Waals surface area contributed by atoms with E-state index in [-0.39, 0.29) is 18.1 Å². The van der Waals surface area contributed by atoms with E-state index in [1.807, 2.05) is 41.8 Å². The summed E-state index contributed by atoms with van der Waals surface area (Å²) in [5, 5.41) is 23.7. The number of aromatic nitrogens is 3. The Bertz CT molecular complexity index is 1470. The van der Waals surface area contributed by atoms with Gasteiger partial charge in [0.25, 0.3) is 5.69 Å². The summed E-state index contributed by atoms with van der Waals surface area (Å²) in [6.45, 7) is 4.21. The predicted octanol–water partition coefficient (Wildman–Crippen LogP) is 6.07. The van der Waals surface area contributed by atoms with Crippen molar-refractivity contribution in [3.05, 3.63) is 116 Å². The van der Waals surface area contributed by atoms with Crippen LogP contribution in [0.25, 0.3) is 11.8 Å². The maximum atomic E-state index is 12.5. The molecule has 0 bridgehead atoms. The number of amides is 1. The number of nitrogens with one attached hydrogen (secondary N) is 1. The smallest absolute Gasteiger partial charge is 0.269 e. The van der Waals surface area contributed by atoms with Crippen molar-refractivity contribution in [2.45, 2.75) is 31.3 Å². The molecule has 0 atom stereocenters. The normalized spacial score (nSPS) is 11.1. The molecule has 0 saturated carbocycles. The SMILES string of the molecule is Cc1ccccc1CSc1nnc(CNC(=O)C=Cc2ccc([N+](=O)[O-])cc2)n1-c1cc(Cl)ccc1C. The van der Waals surface area contributed by atoms with E-state index in [9.17, 15) is 14.9 Å². The maximum Gasteiger partial charge on any atom is 0.269 e. The molecule has 4 rings (SSSR count). The number of nitro benzene ring substituents is 1. The number of non-ortho nitro benzene ring substituents is 1. The summed E-state index contributed by atoms with van der Waals surface area (Å²) in [6, 6.07) is 19.8. The second-order valence-electron chi connectivity index (χ2n) is 8.28. The van der Waals surface area contributed by atoms with E-state index < -0.39 is 4.92 Å². The Morgan fingerprint density at radius 3 is 2.57 bits per heavy atom. The Kier molecular flexibility index (Phi) is 8.37. The molecule has 1 N–H and O–H groups in total. The molecule has 37 heavy (non-hydrogen) atoms. The van der Waals surface area contributed by atoms with Crippen molar-refractivity contribution in [1.82, 2.24) is 20.1 Å². The van der Waals surface area contributed by atoms with Crippen LogP contribution in [0.5, 0.6) is 0 Å². The van der Waals surface area contributed by atoms with Crippen LogP contribution in [-0.2, 0) is 17.1 Å². The standard InChI is InChI=1S/C27H24ClN5O3S/c1-18-5-3-4-6-21(18)17-37-27-31-30-25(32(27)24-15-22(28)11-7-19(24)2)16-29-26(34)14-10-20-8-12-23(13-9-20)33(35)36/h3-15H,16-17H2,1-2H3,(H,29,34). The Balaban J connectivity index is 1.52. The third-order valence-corrected chi connectivity index (χ3v) is 6.90. The molecule has 1 heterocycles. The largest absolute Gasteiger partial charge is 0.345 e. The van der Waals surface area contributed by atoms with Crippen molar-refractivity contribution < 1.29 is 9.72 Å². The Morgan fingerprint density at radius 1 is 1.08 bits per heavy atom. The number of thioether (sulfide) groups is 1. The van der Waals surface area contributed by atoms with Gasteiger partial charge in [-0.2, -0.15) is 0 Å². The molecule has 8 nitrogen and oxygen atoms in total. The van der Waals surface area contributed by atoms with E-state index in [0.717, 1.165) is 17.0 Å². The Labute approximate surface area is 223 Å². The molecule has 0 aliphatic heterocycles. The third-order valence-electron chi connectivity index (χ3n) is 5.68. The van der Waals surface area contributed by atoms with Gasteiger partial charge >= 0.3 is 0 Å². The summed E-state index contributed by atoms with van der Waals surface area (Å²) in [6.07, 6.45) is 2.97. The van der Waals surface area contributed by atoms with E-state index >= 15 is 0 Å². The molecule has 1 amide bonds. The first-order chi connectivity index (χ1) is 17.8. The number of rotatable bonds is 9. The van der Waals surface area contributed by atoms with Crippen LogP contribution >= 0.6 is 23.4 Å². The third kappa shape index (κ3) is 6.63. The quantitative estimate of drug-likeness (QED) is 0.121. The Hall–Kier alpha value is -3.95. The topological polar surface area (TPSA) is 103 Å². The number of carbonyl (C=O) groups excluding carboxylic acids is 1. The van der Waals surface area contributed by atoms with Gasteiger partial charge in [-0.3, -0.25) is 19.5 Å². The average molecular weight is 534 g/mol. The lowest BCUT2D eigenvalue weighted by Crippen LogP contribution is -2.22. The fourth-order valence-electron chi connectivity index (χ4n) is 3.59. The number of hydrogen-bond donors (Lipinski definition) is 1. The van der Waals surface area contributed by atoms with Gasteiger partial charge < -0.3 is 5.32 Å². The van der Waals surface area contributed by atoms with Crippen molar-refractivity contribution in [3.63, 3.8) is 0 Å². The number of carbonyl (C=O) groups is 1. The first kappa shape index (κ1) is 26.1. The molecule has 0 saturated heterocycles. The van der Waals surface area contributed by atoms with E-state index in [1.54, 1.807) is 30.0 Å². The molecule has 4 aromatic rings. The zero-order valence-corrected chi connectivity index (χ0v) is 21.8. The molecular weight excluding hydrogens is 510 g/mol. The highest BCUT2D eigenvalue weighted by Gasteiger charge is 2.17. The molecule has 3 aromatic carbocycles. The number of halogens is 1. The van der Waals surface area contributed by atoms with Gasteiger partial charge in [-0.1, -0.05) is 53.7 Å². The van der Waals surface area contributed by atoms with Crippen LogP contribution in [0.3, 0.4) is 0 Å². The van der Waals surface area contributed by atoms with Crippen LogP contribution in [0.15, 0.2) is 78.0 Å². The van der Waals surface area contributed by atoms with Gasteiger partial charge in [-0.15, -0.1) is 10.2 Å². The summed E-state index contributed by atoms with van der Waals surface area (Å²) >= 11 is 7.87. The molecule has 0 aliphatic carbocycles. The predicted molar refractivity (Wildman–Crippen MR) is 146 cm³/mol. The van der Waals surface area contributed by atoms with Gasteiger partial charge in [-0.25, -0.2) is 0 Å². The summed E-state index contributed by atoms with van der Waals surface area (Å²) in [5.41, 5.74) is 4.91. The van der Waals surface area contributed by atoms with Crippen molar-refractivity contribution in [2.24, 2.45) is 0 Å². The summed E-state index contributed by atoms with van der Waals surface area (Å²) in [7, 11) is 0. The van der Waals surface area contributed by atoms with Crippen molar-refractivity contribution in [3.8, 4) is 5.69 Å². The molecule has 10 heteroatoms. The molecule has 1 aromatic heterocycles. The van der Waals surface area contributed by atoms with Gasteiger partial charge in [0.05, 0.1) is 17.2 Å². The van der Waals surface area contributed by atoms with E-state index in [0.29, 0.717) is 21.6 Å². The number of nitrogens with zero attached hydrogens (tertiary/aromatic N) is 4. The first-order valence-electron chi connectivity index (χ1n) is 11.4. The van der Waals surface area contributed by atoms with Crippen molar-refractivity contribution in [2.75, 3.05) is 0 Å². The van der Waals surface area contributed by atoms with Crippen molar-refractivity contribution >= 4 is 41.0 Å². The highest BCUT2D eigenvalue weighted by Crippen LogP contribution is 2.29. The minimum atomic E-state index is -0.467. The second kappa shape index (κ2) is 11.9. The highest BCUT2D eigenvalue weighted by molar-refractivity contribution is 7.98. The first-order valence-corrected chi connectivity index (χ1v) is 12.8. The number of hydrogen-bond acceptors (Lipinski definition) is 6. The average Bonchev–Trinajstić information content (AvgIpc) is 3.29. The summed E-state index contributed by atoms with van der Waals surface area (Å²) < 4.78 is 1.92. The van der Waals surface area contributed by atoms with Crippen LogP contribution in [0.2, 0.25) is 5.02 Å². The number of aryl methyl sites for hydroxylation is 2. The molecule has 0 aliphatic rings. The van der Waals surface area contributed by atoms with Gasteiger partial charge in [0, 0.05) is 29.0 Å². The highest BCUT2D eigenvalue weighted by atomic mass is 35.5. The van der Waals surface area contributed by atoms with Gasteiger partial charge in [0.15, 0.2) is 11.0 Å². The van der Waals surface area contributed by atoms with Crippen LogP contribution in [0.4, 0.5) is 5.69 Å². The lowest BCUT2D eigenvalue weighted by Gasteiger charge is -2.14. The maximum absolute atomic E-state index is 12.5. The number of nitro groups is 1.